The third-order valence-corrected chi connectivity index (χ3v) is 0.491. The molecule has 3 heteroatoms. The largest absolute Gasteiger partial charge is 1.00 e. The molecule has 0 atom stereocenters. The Morgan fingerprint density at radius 2 is 2.43 bits per heavy atom. The minimum absolute atomic E-state index is 0. The summed E-state index contributed by atoms with van der Waals surface area (Å²) >= 11 is 0. The predicted octanol–water partition coefficient (Wildman–Crippen LogP) is -2.14. The number of hydrogen-bond donors (Lipinski definition) is 0. The minimum atomic E-state index is 0. The summed E-state index contributed by atoms with van der Waals surface area (Å²) in [5.41, 5.74) is 0. The second-order valence-electron chi connectivity index (χ2n) is 0.979. The Morgan fingerprint density at radius 3 is 2.57 bits per heavy atom. The maximum Gasteiger partial charge on any atom is 1.00 e. The van der Waals surface area contributed by atoms with Crippen LogP contribution in [0.1, 0.15) is 5.76 Å². The fourth-order valence-electron chi connectivity index (χ4n) is 0.242. The van der Waals surface area contributed by atoms with Crippen LogP contribution in [-0.2, 0) is 0 Å². The van der Waals surface area contributed by atoms with Crippen LogP contribution in [0, 0.1) is 6.92 Å². The van der Waals surface area contributed by atoms with Crippen LogP contribution < -0.4 is 18.9 Å². The fraction of sp³-hybridized carbons (Fsp3) is 0. The van der Waals surface area contributed by atoms with E-state index in [1.165, 1.54) is 0 Å². The van der Waals surface area contributed by atoms with Gasteiger partial charge in [0.15, 0.2) is 0 Å². The quantitative estimate of drug-likeness (QED) is 0.268. The molecule has 0 radical (unpaired) electrons. The van der Waals surface area contributed by atoms with Crippen molar-refractivity contribution in [1.82, 2.24) is 5.16 Å². The van der Waals surface area contributed by atoms with E-state index in [0.29, 0.717) is 5.76 Å². The Bertz CT molecular complexity index is 115. The predicted molar refractivity (Wildman–Crippen MR) is 21.0 cm³/mol. The molecule has 0 N–H and O–H groups in total. The molecular weight excluding hydrogens is 85.0 g/mol. The van der Waals surface area contributed by atoms with Crippen LogP contribution in [0.5, 0.6) is 0 Å². The van der Waals surface area contributed by atoms with Gasteiger partial charge in [-0.15, -0.1) is 11.2 Å². The van der Waals surface area contributed by atoms with E-state index in [2.05, 4.69) is 16.6 Å². The third-order valence-electron chi connectivity index (χ3n) is 0.491. The molecule has 0 saturated heterocycles. The van der Waals surface area contributed by atoms with Crippen molar-refractivity contribution in [2.45, 2.75) is 0 Å². The molecule has 0 aromatic carbocycles. The molecule has 0 fully saturated rings. The molecule has 0 aliphatic rings. The van der Waals surface area contributed by atoms with Crippen LogP contribution in [-0.4, -0.2) is 5.16 Å². The van der Waals surface area contributed by atoms with Crippen molar-refractivity contribution in [2.24, 2.45) is 0 Å². The van der Waals surface area contributed by atoms with E-state index in [9.17, 15) is 0 Å². The van der Waals surface area contributed by atoms with E-state index in [-0.39, 0.29) is 18.9 Å². The van der Waals surface area contributed by atoms with Crippen LogP contribution in [0.3, 0.4) is 0 Å². The Labute approximate surface area is 54.1 Å². The number of hydrogen-bond acceptors (Lipinski definition) is 2. The topological polar surface area (TPSA) is 26.0 Å². The third kappa shape index (κ3) is 1.72. The van der Waals surface area contributed by atoms with E-state index in [1.807, 2.05) is 0 Å². The number of nitrogens with zero attached hydrogens (tertiary/aromatic N) is 1. The molecule has 32 valence electrons. The minimum Gasteiger partial charge on any atom is -0.397 e. The first-order valence-corrected chi connectivity index (χ1v) is 1.62. The van der Waals surface area contributed by atoms with E-state index < -0.39 is 0 Å². The summed E-state index contributed by atoms with van der Waals surface area (Å²) in [6.07, 6.45) is 1.56. The average molecular weight is 89.0 g/mol. The summed E-state index contributed by atoms with van der Waals surface area (Å²) in [7, 11) is 0. The van der Waals surface area contributed by atoms with Crippen LogP contribution >= 0.6 is 0 Å². The molecule has 0 unspecified atom stereocenters. The standard InChI is InChI=1S/C4H4NO.Li/c1-4-2-3-5-6-4;/h2-3H,1H2;/q-1;+1. The molecule has 0 saturated carbocycles. The number of rotatable bonds is 0. The molecule has 2 nitrogen and oxygen atoms in total. The van der Waals surface area contributed by atoms with Crippen molar-refractivity contribution >= 4 is 0 Å². The summed E-state index contributed by atoms with van der Waals surface area (Å²) < 4.78 is 4.47. The first kappa shape index (κ1) is 6.68. The summed E-state index contributed by atoms with van der Waals surface area (Å²) in [4.78, 5) is 0. The monoisotopic (exact) mass is 89.0 g/mol. The molecule has 0 aliphatic heterocycles. The van der Waals surface area contributed by atoms with Gasteiger partial charge in [-0.2, -0.15) is 0 Å². The van der Waals surface area contributed by atoms with Crippen LogP contribution in [0.4, 0.5) is 0 Å². The van der Waals surface area contributed by atoms with Gasteiger partial charge < -0.3 is 4.52 Å². The Morgan fingerprint density at radius 1 is 1.71 bits per heavy atom. The van der Waals surface area contributed by atoms with Gasteiger partial charge in [0.1, 0.15) is 0 Å². The van der Waals surface area contributed by atoms with Crippen LogP contribution in [0.2, 0.25) is 0 Å². The normalized spacial score (nSPS) is 7.43. The van der Waals surface area contributed by atoms with Crippen molar-refractivity contribution in [3.8, 4) is 0 Å². The van der Waals surface area contributed by atoms with E-state index in [4.69, 9.17) is 0 Å². The SMILES string of the molecule is [CH2-]c1ccno1.[Li+]. The Balaban J connectivity index is 0.000000360. The molecule has 0 bridgehead atoms. The van der Waals surface area contributed by atoms with Gasteiger partial charge in [0.25, 0.3) is 0 Å². The fourth-order valence-corrected chi connectivity index (χ4v) is 0.242. The van der Waals surface area contributed by atoms with Crippen molar-refractivity contribution in [3.63, 3.8) is 0 Å². The van der Waals surface area contributed by atoms with Gasteiger partial charge in [0.2, 0.25) is 0 Å². The first-order chi connectivity index (χ1) is 2.89. The molecule has 1 aromatic rings. The summed E-state index contributed by atoms with van der Waals surface area (Å²) in [6, 6.07) is 1.69. The molecule has 1 rings (SSSR count). The summed E-state index contributed by atoms with van der Waals surface area (Å²) in [6.45, 7) is 3.45. The molecule has 1 aromatic heterocycles. The first-order valence-electron chi connectivity index (χ1n) is 1.62. The molecule has 7 heavy (non-hydrogen) atoms. The van der Waals surface area contributed by atoms with Gasteiger partial charge in [0.05, 0.1) is 0 Å². The molecule has 0 spiro atoms. The van der Waals surface area contributed by atoms with Gasteiger partial charge in [-0.25, -0.2) is 6.92 Å². The van der Waals surface area contributed by atoms with Crippen molar-refractivity contribution < 1.29 is 23.4 Å². The summed E-state index contributed by atoms with van der Waals surface area (Å²) in [5, 5.41) is 3.38. The van der Waals surface area contributed by atoms with Crippen LogP contribution in [0.15, 0.2) is 16.8 Å². The number of aromatic nitrogens is 1. The zero-order valence-electron chi connectivity index (χ0n) is 4.22. The second-order valence-corrected chi connectivity index (χ2v) is 0.979. The molecule has 0 amide bonds. The Kier molecular flexibility index (Phi) is 2.66. The maximum absolute atomic E-state index is 4.47. The van der Waals surface area contributed by atoms with Gasteiger partial charge >= 0.3 is 18.9 Å². The van der Waals surface area contributed by atoms with Gasteiger partial charge in [-0.05, 0) is 12.0 Å². The van der Waals surface area contributed by atoms with Gasteiger partial charge in [0, 0.05) is 0 Å². The van der Waals surface area contributed by atoms with E-state index in [0.717, 1.165) is 0 Å². The summed E-state index contributed by atoms with van der Waals surface area (Å²) in [5.74, 6) is 0.606. The molecule has 0 aliphatic carbocycles. The van der Waals surface area contributed by atoms with Crippen molar-refractivity contribution in [3.05, 3.63) is 24.9 Å². The Hall–Kier alpha value is -0.323. The van der Waals surface area contributed by atoms with Crippen molar-refractivity contribution in [2.75, 3.05) is 0 Å². The zero-order valence-corrected chi connectivity index (χ0v) is 4.22. The van der Waals surface area contributed by atoms with Gasteiger partial charge in [-0.3, -0.25) is 0 Å². The molecular formula is C4H4LiNO. The van der Waals surface area contributed by atoms with E-state index in [1.54, 1.807) is 12.3 Å². The smallest absolute Gasteiger partial charge is 0.397 e. The van der Waals surface area contributed by atoms with E-state index >= 15 is 0 Å². The van der Waals surface area contributed by atoms with Crippen molar-refractivity contribution in [1.29, 1.82) is 0 Å². The van der Waals surface area contributed by atoms with Gasteiger partial charge in [-0.1, -0.05) is 0 Å². The molecule has 1 heterocycles. The maximum atomic E-state index is 4.47. The second kappa shape index (κ2) is 2.79. The zero-order chi connectivity index (χ0) is 4.41. The van der Waals surface area contributed by atoms with Crippen LogP contribution in [0.25, 0.3) is 0 Å². The average Bonchev–Trinajstić information content (AvgIpc) is 1.86.